The Balaban J connectivity index is 2.25. The SMILES string of the molecule is Cc1ccc(C(=O)N2CCNC(=O)C2C)cc1Br. The maximum absolute atomic E-state index is 12.3. The molecule has 5 heteroatoms. The van der Waals surface area contributed by atoms with Crippen LogP contribution >= 0.6 is 15.9 Å². The first-order valence-electron chi connectivity index (χ1n) is 5.85. The van der Waals surface area contributed by atoms with E-state index in [4.69, 9.17) is 0 Å². The Morgan fingerprint density at radius 3 is 2.89 bits per heavy atom. The molecule has 1 heterocycles. The third-order valence-electron chi connectivity index (χ3n) is 3.18. The van der Waals surface area contributed by atoms with E-state index < -0.39 is 6.04 Å². The number of halogens is 1. The van der Waals surface area contributed by atoms with Crippen LogP contribution in [0.15, 0.2) is 22.7 Å². The molecule has 1 aliphatic heterocycles. The second kappa shape index (κ2) is 5.10. The van der Waals surface area contributed by atoms with Gasteiger partial charge < -0.3 is 10.2 Å². The summed E-state index contributed by atoms with van der Waals surface area (Å²) in [5, 5.41) is 2.75. The molecule has 0 aromatic heterocycles. The lowest BCUT2D eigenvalue weighted by atomic mass is 10.1. The van der Waals surface area contributed by atoms with Crippen molar-refractivity contribution in [2.75, 3.05) is 13.1 Å². The normalized spacial score (nSPS) is 19.6. The van der Waals surface area contributed by atoms with E-state index in [-0.39, 0.29) is 11.8 Å². The lowest BCUT2D eigenvalue weighted by Gasteiger charge is -2.32. The number of benzene rings is 1. The molecule has 0 saturated carbocycles. The second-order valence-corrected chi connectivity index (χ2v) is 5.28. The lowest BCUT2D eigenvalue weighted by molar-refractivity contribution is -0.127. The molecular formula is C13H15BrN2O2. The Bertz CT molecular complexity index is 502. The summed E-state index contributed by atoms with van der Waals surface area (Å²) >= 11 is 3.42. The van der Waals surface area contributed by atoms with Gasteiger partial charge >= 0.3 is 0 Å². The summed E-state index contributed by atoms with van der Waals surface area (Å²) in [6.07, 6.45) is 0. The number of hydrogen-bond donors (Lipinski definition) is 1. The molecule has 96 valence electrons. The quantitative estimate of drug-likeness (QED) is 0.858. The van der Waals surface area contributed by atoms with Gasteiger partial charge in [-0.25, -0.2) is 0 Å². The van der Waals surface area contributed by atoms with Crippen molar-refractivity contribution >= 4 is 27.7 Å². The summed E-state index contributed by atoms with van der Waals surface area (Å²) in [6.45, 7) is 4.78. The summed E-state index contributed by atoms with van der Waals surface area (Å²) in [4.78, 5) is 25.5. The molecule has 0 radical (unpaired) electrons. The average molecular weight is 311 g/mol. The molecule has 0 spiro atoms. The van der Waals surface area contributed by atoms with E-state index in [0.29, 0.717) is 18.7 Å². The number of nitrogens with zero attached hydrogens (tertiary/aromatic N) is 1. The fraction of sp³-hybridized carbons (Fsp3) is 0.385. The van der Waals surface area contributed by atoms with Gasteiger partial charge in [-0.3, -0.25) is 9.59 Å². The van der Waals surface area contributed by atoms with Gasteiger partial charge in [0.1, 0.15) is 6.04 Å². The maximum atomic E-state index is 12.3. The molecule has 0 aliphatic carbocycles. The van der Waals surface area contributed by atoms with Gasteiger partial charge in [-0.05, 0) is 31.5 Å². The van der Waals surface area contributed by atoms with Crippen molar-refractivity contribution in [1.82, 2.24) is 10.2 Å². The number of amides is 2. The van der Waals surface area contributed by atoms with E-state index in [1.807, 2.05) is 13.0 Å². The summed E-state index contributed by atoms with van der Waals surface area (Å²) in [5.41, 5.74) is 1.69. The first-order valence-corrected chi connectivity index (χ1v) is 6.65. The van der Waals surface area contributed by atoms with Crippen LogP contribution in [-0.2, 0) is 4.79 Å². The van der Waals surface area contributed by atoms with Crippen LogP contribution in [0.5, 0.6) is 0 Å². The van der Waals surface area contributed by atoms with Crippen LogP contribution in [0.4, 0.5) is 0 Å². The topological polar surface area (TPSA) is 49.4 Å². The van der Waals surface area contributed by atoms with Crippen molar-refractivity contribution in [2.45, 2.75) is 19.9 Å². The molecule has 1 aromatic rings. The number of carbonyl (C=O) groups excluding carboxylic acids is 2. The minimum absolute atomic E-state index is 0.0965. The van der Waals surface area contributed by atoms with Crippen molar-refractivity contribution in [3.63, 3.8) is 0 Å². The van der Waals surface area contributed by atoms with Gasteiger partial charge in [0.15, 0.2) is 0 Å². The highest BCUT2D eigenvalue weighted by molar-refractivity contribution is 9.10. The van der Waals surface area contributed by atoms with E-state index in [9.17, 15) is 9.59 Å². The van der Waals surface area contributed by atoms with Crippen LogP contribution in [0.1, 0.15) is 22.8 Å². The summed E-state index contributed by atoms with van der Waals surface area (Å²) in [7, 11) is 0. The molecule has 1 fully saturated rings. The zero-order valence-electron chi connectivity index (χ0n) is 10.4. The highest BCUT2D eigenvalue weighted by Gasteiger charge is 2.29. The van der Waals surface area contributed by atoms with Gasteiger partial charge in [0.2, 0.25) is 5.91 Å². The zero-order valence-corrected chi connectivity index (χ0v) is 12.0. The molecule has 2 amide bonds. The molecular weight excluding hydrogens is 296 g/mol. The van der Waals surface area contributed by atoms with Crippen molar-refractivity contribution in [1.29, 1.82) is 0 Å². The molecule has 1 atom stereocenters. The fourth-order valence-corrected chi connectivity index (χ4v) is 2.33. The second-order valence-electron chi connectivity index (χ2n) is 4.43. The van der Waals surface area contributed by atoms with Crippen LogP contribution in [0.2, 0.25) is 0 Å². The van der Waals surface area contributed by atoms with Crippen molar-refractivity contribution in [3.8, 4) is 0 Å². The molecule has 4 nitrogen and oxygen atoms in total. The monoisotopic (exact) mass is 310 g/mol. The van der Waals surface area contributed by atoms with E-state index in [1.54, 1.807) is 24.0 Å². The third-order valence-corrected chi connectivity index (χ3v) is 4.03. The lowest BCUT2D eigenvalue weighted by Crippen LogP contribution is -2.55. The average Bonchev–Trinajstić information content (AvgIpc) is 2.35. The summed E-state index contributed by atoms with van der Waals surface area (Å²) < 4.78 is 0.905. The summed E-state index contributed by atoms with van der Waals surface area (Å²) in [5.74, 6) is -0.196. The van der Waals surface area contributed by atoms with Gasteiger partial charge in [0.05, 0.1) is 0 Å². The van der Waals surface area contributed by atoms with Gasteiger partial charge in [-0.15, -0.1) is 0 Å². The molecule has 1 aromatic carbocycles. The molecule has 1 aliphatic rings. The number of nitrogens with one attached hydrogen (secondary N) is 1. The minimum atomic E-state index is -0.411. The van der Waals surface area contributed by atoms with Crippen LogP contribution in [0, 0.1) is 6.92 Å². The molecule has 1 saturated heterocycles. The third kappa shape index (κ3) is 2.41. The van der Waals surface area contributed by atoms with Crippen molar-refractivity contribution in [2.24, 2.45) is 0 Å². The highest BCUT2D eigenvalue weighted by Crippen LogP contribution is 2.19. The van der Waals surface area contributed by atoms with E-state index in [1.165, 1.54) is 0 Å². The number of aryl methyl sites for hydroxylation is 1. The van der Waals surface area contributed by atoms with E-state index >= 15 is 0 Å². The van der Waals surface area contributed by atoms with E-state index in [2.05, 4.69) is 21.2 Å². The Hall–Kier alpha value is -1.36. The Morgan fingerprint density at radius 2 is 2.22 bits per heavy atom. The van der Waals surface area contributed by atoms with Crippen LogP contribution in [0.25, 0.3) is 0 Å². The highest BCUT2D eigenvalue weighted by atomic mass is 79.9. The van der Waals surface area contributed by atoms with Gasteiger partial charge in [0, 0.05) is 23.1 Å². The standard InChI is InChI=1S/C13H15BrN2O2/c1-8-3-4-10(7-11(8)14)13(18)16-6-5-15-12(17)9(16)2/h3-4,7,9H,5-6H2,1-2H3,(H,15,17). The predicted molar refractivity (Wildman–Crippen MR) is 72.4 cm³/mol. The van der Waals surface area contributed by atoms with Gasteiger partial charge in [-0.1, -0.05) is 22.0 Å². The Labute approximate surface area is 114 Å². The smallest absolute Gasteiger partial charge is 0.254 e. The van der Waals surface area contributed by atoms with Crippen LogP contribution < -0.4 is 5.32 Å². The first-order chi connectivity index (χ1) is 8.50. The fourth-order valence-electron chi connectivity index (χ4n) is 1.95. The number of rotatable bonds is 1. The molecule has 1 N–H and O–H groups in total. The largest absolute Gasteiger partial charge is 0.353 e. The summed E-state index contributed by atoms with van der Waals surface area (Å²) in [6, 6.07) is 5.08. The zero-order chi connectivity index (χ0) is 13.3. The molecule has 1 unspecified atom stereocenters. The predicted octanol–water partition coefficient (Wildman–Crippen LogP) is 1.72. The number of piperazine rings is 1. The van der Waals surface area contributed by atoms with Crippen molar-refractivity contribution < 1.29 is 9.59 Å². The van der Waals surface area contributed by atoms with Crippen molar-refractivity contribution in [3.05, 3.63) is 33.8 Å². The molecule has 0 bridgehead atoms. The van der Waals surface area contributed by atoms with E-state index in [0.717, 1.165) is 10.0 Å². The minimum Gasteiger partial charge on any atom is -0.353 e. The molecule has 18 heavy (non-hydrogen) atoms. The first kappa shape index (κ1) is 13.1. The maximum Gasteiger partial charge on any atom is 0.254 e. The van der Waals surface area contributed by atoms with Crippen LogP contribution in [-0.4, -0.2) is 35.8 Å². The Kier molecular flexibility index (Phi) is 3.71. The Morgan fingerprint density at radius 1 is 1.50 bits per heavy atom. The number of hydrogen-bond acceptors (Lipinski definition) is 2. The van der Waals surface area contributed by atoms with Gasteiger partial charge in [0.25, 0.3) is 5.91 Å². The number of carbonyl (C=O) groups is 2. The molecule has 2 rings (SSSR count). The van der Waals surface area contributed by atoms with Gasteiger partial charge in [-0.2, -0.15) is 0 Å². The van der Waals surface area contributed by atoms with Crippen LogP contribution in [0.3, 0.4) is 0 Å².